The molecule has 132 valence electrons. The van der Waals surface area contributed by atoms with Gasteiger partial charge in [0.25, 0.3) is 0 Å². The molecule has 0 heterocycles. The number of hydrogen-bond acceptors (Lipinski definition) is 4. The Balaban J connectivity index is 1.78. The summed E-state index contributed by atoms with van der Waals surface area (Å²) in [5.41, 5.74) is 0.586. The highest BCUT2D eigenvalue weighted by atomic mass is 19.1. The fraction of sp³-hybridized carbons (Fsp3) is 0.529. The van der Waals surface area contributed by atoms with Crippen LogP contribution in [0.3, 0.4) is 0 Å². The lowest BCUT2D eigenvalue weighted by Crippen LogP contribution is -2.55. The molecular weight excluding hydrogens is 315 g/mol. The van der Waals surface area contributed by atoms with Crippen molar-refractivity contribution in [2.75, 3.05) is 20.2 Å². The van der Waals surface area contributed by atoms with E-state index in [0.717, 1.165) is 12.8 Å². The number of carbonyl (C=O) groups excluding carboxylic acids is 1. The van der Waals surface area contributed by atoms with Gasteiger partial charge in [0.2, 0.25) is 5.91 Å². The van der Waals surface area contributed by atoms with E-state index in [4.69, 9.17) is 9.84 Å². The molecule has 0 saturated heterocycles. The molecule has 0 unspecified atom stereocenters. The Morgan fingerprint density at radius 1 is 1.42 bits per heavy atom. The number of carbonyl (C=O) groups is 2. The van der Waals surface area contributed by atoms with E-state index in [0.29, 0.717) is 12.1 Å². The maximum atomic E-state index is 13.6. The Labute approximate surface area is 140 Å². The molecule has 0 bridgehead atoms. The minimum absolute atomic E-state index is 0.0208. The van der Waals surface area contributed by atoms with Crippen molar-refractivity contribution in [1.29, 1.82) is 0 Å². The Morgan fingerprint density at radius 2 is 2.12 bits per heavy atom. The number of ether oxygens (including phenoxy) is 1. The lowest BCUT2D eigenvalue weighted by molar-refractivity contribution is -0.139. The Bertz CT molecular complexity index is 602. The number of carboxylic acids is 1. The predicted octanol–water partition coefficient (Wildman–Crippen LogP) is 1.43. The summed E-state index contributed by atoms with van der Waals surface area (Å²) in [7, 11) is 1.39. The second-order valence-corrected chi connectivity index (χ2v) is 5.99. The molecular formula is C17H23FN2O4. The van der Waals surface area contributed by atoms with E-state index in [1.165, 1.54) is 19.2 Å². The van der Waals surface area contributed by atoms with Crippen LogP contribution in [0.2, 0.25) is 0 Å². The molecule has 0 spiro atoms. The van der Waals surface area contributed by atoms with Gasteiger partial charge in [0.15, 0.2) is 11.6 Å². The van der Waals surface area contributed by atoms with E-state index in [-0.39, 0.29) is 36.7 Å². The molecule has 1 aliphatic rings. The Kier molecular flexibility index (Phi) is 6.14. The summed E-state index contributed by atoms with van der Waals surface area (Å²) in [4.78, 5) is 24.7. The van der Waals surface area contributed by atoms with Crippen LogP contribution in [-0.4, -0.2) is 54.2 Å². The summed E-state index contributed by atoms with van der Waals surface area (Å²) in [6.07, 6.45) is 1.59. The Hall–Kier alpha value is -2.15. The van der Waals surface area contributed by atoms with Crippen LogP contribution in [0, 0.1) is 5.82 Å². The number of methoxy groups -OCH3 is 1. The number of aliphatic carboxylic acids is 1. The summed E-state index contributed by atoms with van der Waals surface area (Å²) in [6, 6.07) is 4.70. The third-order valence-corrected chi connectivity index (χ3v) is 4.32. The fourth-order valence-corrected chi connectivity index (χ4v) is 2.96. The van der Waals surface area contributed by atoms with E-state index in [2.05, 4.69) is 5.32 Å². The van der Waals surface area contributed by atoms with Crippen molar-refractivity contribution in [2.24, 2.45) is 0 Å². The van der Waals surface area contributed by atoms with E-state index >= 15 is 0 Å². The van der Waals surface area contributed by atoms with Gasteiger partial charge in [-0.3, -0.25) is 14.5 Å². The largest absolute Gasteiger partial charge is 0.494 e. The average Bonchev–Trinajstić information content (AvgIpc) is 2.48. The number of amides is 1. The van der Waals surface area contributed by atoms with Crippen molar-refractivity contribution in [3.63, 3.8) is 0 Å². The van der Waals surface area contributed by atoms with Gasteiger partial charge in [-0.15, -0.1) is 0 Å². The maximum absolute atomic E-state index is 13.6. The predicted molar refractivity (Wildman–Crippen MR) is 86.5 cm³/mol. The third kappa shape index (κ3) is 4.67. The zero-order chi connectivity index (χ0) is 17.7. The van der Waals surface area contributed by atoms with Crippen LogP contribution in [0.25, 0.3) is 0 Å². The van der Waals surface area contributed by atoms with Gasteiger partial charge < -0.3 is 15.2 Å². The van der Waals surface area contributed by atoms with Crippen LogP contribution in [0.5, 0.6) is 5.75 Å². The van der Waals surface area contributed by atoms with E-state index in [9.17, 15) is 14.0 Å². The van der Waals surface area contributed by atoms with Crippen LogP contribution in [0.4, 0.5) is 4.39 Å². The van der Waals surface area contributed by atoms with Crippen molar-refractivity contribution in [3.05, 3.63) is 29.6 Å². The van der Waals surface area contributed by atoms with Crippen molar-refractivity contribution < 1.29 is 23.8 Å². The highest BCUT2D eigenvalue weighted by molar-refractivity contribution is 5.79. The molecule has 6 nitrogen and oxygen atoms in total. The van der Waals surface area contributed by atoms with Gasteiger partial charge in [0.05, 0.1) is 20.1 Å². The molecule has 2 rings (SSSR count). The molecule has 1 aliphatic carbocycles. The minimum atomic E-state index is -0.842. The second-order valence-electron chi connectivity index (χ2n) is 5.99. The molecule has 0 radical (unpaired) electrons. The molecule has 0 aliphatic heterocycles. The lowest BCUT2D eigenvalue weighted by Gasteiger charge is -2.42. The van der Waals surface area contributed by atoms with Crippen molar-refractivity contribution in [2.45, 2.75) is 38.3 Å². The van der Waals surface area contributed by atoms with Gasteiger partial charge in [-0.2, -0.15) is 0 Å². The number of rotatable bonds is 8. The number of nitrogens with zero attached hydrogens (tertiary/aromatic N) is 1. The normalized spacial score (nSPS) is 19.7. The monoisotopic (exact) mass is 338 g/mol. The van der Waals surface area contributed by atoms with Crippen molar-refractivity contribution >= 4 is 11.9 Å². The third-order valence-electron chi connectivity index (χ3n) is 4.32. The van der Waals surface area contributed by atoms with E-state index < -0.39 is 11.8 Å². The van der Waals surface area contributed by atoms with Gasteiger partial charge in [-0.25, -0.2) is 4.39 Å². The molecule has 7 heteroatoms. The number of likely N-dealkylation sites (N-methyl/N-ethyl adjacent to an activating group) is 1. The van der Waals surface area contributed by atoms with E-state index in [1.807, 2.05) is 11.8 Å². The first kappa shape index (κ1) is 18.2. The summed E-state index contributed by atoms with van der Waals surface area (Å²) < 4.78 is 18.5. The number of benzene rings is 1. The number of nitrogens with one attached hydrogen (secondary N) is 1. The van der Waals surface area contributed by atoms with E-state index in [1.54, 1.807) is 6.07 Å². The van der Waals surface area contributed by atoms with Crippen LogP contribution in [-0.2, 0) is 16.0 Å². The number of halogens is 1. The van der Waals surface area contributed by atoms with Gasteiger partial charge in [0.1, 0.15) is 0 Å². The van der Waals surface area contributed by atoms with Gasteiger partial charge >= 0.3 is 5.97 Å². The zero-order valence-electron chi connectivity index (χ0n) is 13.9. The topological polar surface area (TPSA) is 78.9 Å². The zero-order valence-corrected chi connectivity index (χ0v) is 13.9. The minimum Gasteiger partial charge on any atom is -0.494 e. The first-order chi connectivity index (χ1) is 11.4. The average molecular weight is 338 g/mol. The van der Waals surface area contributed by atoms with Crippen LogP contribution >= 0.6 is 0 Å². The number of carboxylic acid groups (broad SMARTS) is 1. The highest BCUT2D eigenvalue weighted by Crippen LogP contribution is 2.25. The van der Waals surface area contributed by atoms with Crippen molar-refractivity contribution in [1.82, 2.24) is 10.2 Å². The van der Waals surface area contributed by atoms with Crippen molar-refractivity contribution in [3.8, 4) is 5.75 Å². The summed E-state index contributed by atoms with van der Waals surface area (Å²) in [5, 5.41) is 11.8. The SMILES string of the molecule is CCN(CC(=O)O)C1CC(NC(=O)Cc2ccc(OC)c(F)c2)C1. The summed E-state index contributed by atoms with van der Waals surface area (Å²) >= 11 is 0. The molecule has 2 N–H and O–H groups in total. The van der Waals surface area contributed by atoms with Gasteiger partial charge in [0, 0.05) is 12.1 Å². The second kappa shape index (κ2) is 8.10. The molecule has 1 fully saturated rings. The molecule has 24 heavy (non-hydrogen) atoms. The standard InChI is InChI=1S/C17H23FN2O4/c1-3-20(10-17(22)23)13-8-12(9-13)19-16(21)7-11-4-5-15(24-2)14(18)6-11/h4-6,12-13H,3,7-10H2,1-2H3,(H,19,21)(H,22,23). The smallest absolute Gasteiger partial charge is 0.317 e. The first-order valence-electron chi connectivity index (χ1n) is 8.00. The Morgan fingerprint density at radius 3 is 2.67 bits per heavy atom. The fourth-order valence-electron chi connectivity index (χ4n) is 2.96. The van der Waals surface area contributed by atoms with Gasteiger partial charge in [-0.1, -0.05) is 13.0 Å². The van der Waals surface area contributed by atoms with Gasteiger partial charge in [-0.05, 0) is 37.1 Å². The summed E-state index contributed by atoms with van der Waals surface area (Å²) in [5.74, 6) is -1.34. The van der Waals surface area contributed by atoms with Crippen LogP contribution < -0.4 is 10.1 Å². The lowest BCUT2D eigenvalue weighted by atomic mass is 9.85. The molecule has 1 saturated carbocycles. The molecule has 1 aromatic carbocycles. The summed E-state index contributed by atoms with van der Waals surface area (Å²) in [6.45, 7) is 2.61. The van der Waals surface area contributed by atoms with Crippen LogP contribution in [0.15, 0.2) is 18.2 Å². The number of hydrogen-bond donors (Lipinski definition) is 2. The highest BCUT2D eigenvalue weighted by Gasteiger charge is 2.34. The molecule has 0 aromatic heterocycles. The first-order valence-corrected chi connectivity index (χ1v) is 8.00. The quantitative estimate of drug-likeness (QED) is 0.750. The molecule has 0 atom stereocenters. The van der Waals surface area contributed by atoms with Crippen LogP contribution in [0.1, 0.15) is 25.3 Å². The maximum Gasteiger partial charge on any atom is 0.317 e. The molecule has 1 amide bonds. The molecule has 1 aromatic rings.